The first-order valence-electron chi connectivity index (χ1n) is 10.0. The number of rotatable bonds is 8. The third-order valence-corrected chi connectivity index (χ3v) is 4.76. The van der Waals surface area contributed by atoms with Gasteiger partial charge in [0, 0.05) is 19.3 Å². The van der Waals surface area contributed by atoms with E-state index in [1.807, 2.05) is 0 Å². The zero-order chi connectivity index (χ0) is 22.5. The number of carbonyl (C=O) groups excluding carboxylic acids is 3. The van der Waals surface area contributed by atoms with Crippen LogP contribution in [0.15, 0.2) is 12.7 Å². The largest absolute Gasteiger partial charge is 0.463 e. The van der Waals surface area contributed by atoms with Gasteiger partial charge in [0.2, 0.25) is 0 Å². The van der Waals surface area contributed by atoms with Crippen LogP contribution in [0.25, 0.3) is 11.2 Å². The number of nitrogens with zero attached hydrogens (tertiary/aromatic N) is 4. The van der Waals surface area contributed by atoms with E-state index < -0.39 is 42.4 Å². The molecule has 1 fully saturated rings. The lowest BCUT2D eigenvalue weighted by Crippen LogP contribution is -2.41. The fourth-order valence-electron chi connectivity index (χ4n) is 3.14. The highest BCUT2D eigenvalue weighted by atomic mass is 16.7. The van der Waals surface area contributed by atoms with Crippen molar-refractivity contribution in [2.45, 2.75) is 64.6 Å². The Hall–Kier alpha value is -3.28. The Balaban J connectivity index is 1.99. The fraction of sp³-hybridized carbons (Fsp3) is 0.579. The molecule has 2 aromatic heterocycles. The first kappa shape index (κ1) is 22.4. The molecule has 0 unspecified atom stereocenters. The molecule has 31 heavy (non-hydrogen) atoms. The molecule has 2 N–H and O–H groups in total. The van der Waals surface area contributed by atoms with Gasteiger partial charge >= 0.3 is 17.9 Å². The molecule has 0 aliphatic carbocycles. The smallest absolute Gasteiger partial charge is 0.306 e. The molecule has 1 aliphatic heterocycles. The molecule has 0 aromatic carbocycles. The van der Waals surface area contributed by atoms with Gasteiger partial charge in [-0.2, -0.15) is 0 Å². The van der Waals surface area contributed by atoms with Crippen LogP contribution in [0, 0.1) is 0 Å². The van der Waals surface area contributed by atoms with Crippen molar-refractivity contribution in [2.24, 2.45) is 0 Å². The van der Waals surface area contributed by atoms with Crippen LogP contribution in [0.5, 0.6) is 0 Å². The third kappa shape index (κ3) is 4.74. The quantitative estimate of drug-likeness (QED) is 0.464. The molecule has 0 saturated carbocycles. The Morgan fingerprint density at radius 1 is 1.00 bits per heavy atom. The van der Waals surface area contributed by atoms with Crippen LogP contribution >= 0.6 is 0 Å². The van der Waals surface area contributed by atoms with Gasteiger partial charge in [-0.25, -0.2) is 15.0 Å². The number of nitrogen functional groups attached to an aromatic ring is 1. The van der Waals surface area contributed by atoms with Crippen LogP contribution < -0.4 is 5.73 Å². The second kappa shape index (κ2) is 9.69. The van der Waals surface area contributed by atoms with Crippen LogP contribution in [0.2, 0.25) is 0 Å². The standard InChI is InChI=1S/C19H25N5O7/c1-4-11(25)28-7-10-15(30-12(26)5-2)16(31-13(27)6-3)19(29-10)24-9-23-14-17(20)21-8-22-18(14)24/h8-10,15-16,19H,4-7H2,1-3H3,(H2,20,21,22)/t10-,15-,16-,19-/m1/s1. The van der Waals surface area contributed by atoms with E-state index in [1.54, 1.807) is 20.8 Å². The molecule has 12 heteroatoms. The predicted molar refractivity (Wildman–Crippen MR) is 105 cm³/mol. The van der Waals surface area contributed by atoms with Crippen molar-refractivity contribution in [1.82, 2.24) is 19.5 Å². The van der Waals surface area contributed by atoms with Gasteiger partial charge in [0.05, 0.1) is 6.33 Å². The van der Waals surface area contributed by atoms with Crippen LogP contribution in [0.1, 0.15) is 46.3 Å². The molecule has 1 saturated heterocycles. The van der Waals surface area contributed by atoms with Gasteiger partial charge in [0.1, 0.15) is 24.6 Å². The second-order valence-electron chi connectivity index (χ2n) is 6.80. The Kier molecular flexibility index (Phi) is 7.00. The van der Waals surface area contributed by atoms with Crippen LogP contribution in [0.3, 0.4) is 0 Å². The molecule has 168 valence electrons. The van der Waals surface area contributed by atoms with Crippen molar-refractivity contribution in [3.63, 3.8) is 0 Å². The van der Waals surface area contributed by atoms with Crippen LogP contribution in [-0.4, -0.2) is 62.3 Å². The van der Waals surface area contributed by atoms with Gasteiger partial charge in [-0.05, 0) is 0 Å². The van der Waals surface area contributed by atoms with Gasteiger partial charge in [-0.3, -0.25) is 19.0 Å². The fourth-order valence-corrected chi connectivity index (χ4v) is 3.14. The van der Waals surface area contributed by atoms with Crippen LogP contribution in [-0.2, 0) is 33.3 Å². The summed E-state index contributed by atoms with van der Waals surface area (Å²) in [5.74, 6) is -1.30. The lowest BCUT2D eigenvalue weighted by atomic mass is 10.1. The Morgan fingerprint density at radius 3 is 2.29 bits per heavy atom. The lowest BCUT2D eigenvalue weighted by molar-refractivity contribution is -0.169. The maximum atomic E-state index is 12.1. The summed E-state index contributed by atoms with van der Waals surface area (Å²) in [6.07, 6.45) is -0.777. The first-order chi connectivity index (χ1) is 14.9. The highest BCUT2D eigenvalue weighted by molar-refractivity contribution is 5.81. The van der Waals surface area contributed by atoms with Gasteiger partial charge in [-0.1, -0.05) is 20.8 Å². The molecule has 3 heterocycles. The molecule has 3 rings (SSSR count). The van der Waals surface area contributed by atoms with E-state index >= 15 is 0 Å². The van der Waals surface area contributed by atoms with Crippen molar-refractivity contribution in [3.8, 4) is 0 Å². The molecule has 0 bridgehead atoms. The summed E-state index contributed by atoms with van der Waals surface area (Å²) < 4.78 is 23.9. The van der Waals surface area contributed by atoms with E-state index in [9.17, 15) is 14.4 Å². The highest BCUT2D eigenvalue weighted by Crippen LogP contribution is 2.36. The van der Waals surface area contributed by atoms with Crippen molar-refractivity contribution < 1.29 is 33.3 Å². The van der Waals surface area contributed by atoms with E-state index in [2.05, 4.69) is 15.0 Å². The van der Waals surface area contributed by atoms with Gasteiger partial charge in [0.15, 0.2) is 29.9 Å². The maximum absolute atomic E-state index is 12.1. The molecule has 0 radical (unpaired) electrons. The van der Waals surface area contributed by atoms with E-state index in [1.165, 1.54) is 17.2 Å². The van der Waals surface area contributed by atoms with Crippen LogP contribution in [0.4, 0.5) is 5.82 Å². The Labute approximate surface area is 178 Å². The number of nitrogens with two attached hydrogens (primary N) is 1. The molecule has 0 amide bonds. The second-order valence-corrected chi connectivity index (χ2v) is 6.80. The SMILES string of the molecule is CCC(=O)OC[C@H]1O[C@@H](n2cnc3c(N)ncnc32)[C@H](OC(=O)CC)[C@@H]1OC(=O)CC. The number of hydrogen-bond donors (Lipinski definition) is 1. The summed E-state index contributed by atoms with van der Waals surface area (Å²) in [6.45, 7) is 4.75. The van der Waals surface area contributed by atoms with Crippen molar-refractivity contribution in [2.75, 3.05) is 12.3 Å². The Morgan fingerprint density at radius 2 is 1.65 bits per heavy atom. The lowest BCUT2D eigenvalue weighted by Gasteiger charge is -2.24. The molecule has 1 aliphatic rings. The van der Waals surface area contributed by atoms with Crippen molar-refractivity contribution in [3.05, 3.63) is 12.7 Å². The minimum atomic E-state index is -1.03. The monoisotopic (exact) mass is 435 g/mol. The zero-order valence-electron chi connectivity index (χ0n) is 17.5. The van der Waals surface area contributed by atoms with Gasteiger partial charge in [0.25, 0.3) is 0 Å². The average Bonchev–Trinajstić information content (AvgIpc) is 3.34. The number of fused-ring (bicyclic) bond motifs is 1. The predicted octanol–water partition coefficient (Wildman–Crippen LogP) is 0.903. The zero-order valence-corrected chi connectivity index (χ0v) is 17.5. The highest BCUT2D eigenvalue weighted by Gasteiger charge is 2.51. The topological polar surface area (TPSA) is 158 Å². The third-order valence-electron chi connectivity index (χ3n) is 4.76. The Bertz CT molecular complexity index is 962. The first-order valence-corrected chi connectivity index (χ1v) is 10.0. The summed E-state index contributed by atoms with van der Waals surface area (Å²) in [4.78, 5) is 48.2. The van der Waals surface area contributed by atoms with E-state index in [0.717, 1.165) is 0 Å². The summed E-state index contributed by atoms with van der Waals surface area (Å²) in [5.41, 5.74) is 6.55. The molecule has 2 aromatic rings. The number of anilines is 1. The van der Waals surface area contributed by atoms with Crippen molar-refractivity contribution in [1.29, 1.82) is 0 Å². The summed E-state index contributed by atoms with van der Waals surface area (Å²) >= 11 is 0. The van der Waals surface area contributed by atoms with E-state index in [0.29, 0.717) is 11.2 Å². The molecular formula is C19H25N5O7. The van der Waals surface area contributed by atoms with E-state index in [-0.39, 0.29) is 31.7 Å². The molecule has 4 atom stereocenters. The van der Waals surface area contributed by atoms with Gasteiger partial charge in [-0.15, -0.1) is 0 Å². The molecular weight excluding hydrogens is 410 g/mol. The minimum absolute atomic E-state index is 0.104. The number of hydrogen-bond acceptors (Lipinski definition) is 11. The number of ether oxygens (including phenoxy) is 4. The van der Waals surface area contributed by atoms with Crippen molar-refractivity contribution >= 4 is 34.9 Å². The van der Waals surface area contributed by atoms with Gasteiger partial charge < -0.3 is 24.7 Å². The summed E-state index contributed by atoms with van der Waals surface area (Å²) in [7, 11) is 0. The normalized spacial score (nSPS) is 22.9. The number of carbonyl (C=O) groups is 3. The minimum Gasteiger partial charge on any atom is -0.463 e. The average molecular weight is 435 g/mol. The number of aromatic nitrogens is 4. The number of esters is 3. The van der Waals surface area contributed by atoms with E-state index in [4.69, 9.17) is 24.7 Å². The molecule has 0 spiro atoms. The molecule has 12 nitrogen and oxygen atoms in total. The maximum Gasteiger partial charge on any atom is 0.306 e. The summed E-state index contributed by atoms with van der Waals surface area (Å²) in [5, 5.41) is 0. The summed E-state index contributed by atoms with van der Waals surface area (Å²) in [6, 6.07) is 0. The number of imidazole rings is 1.